The molecule has 1 unspecified atom stereocenters. The Labute approximate surface area is 118 Å². The smallest absolute Gasteiger partial charge is 0.215 e. The van der Waals surface area contributed by atoms with Crippen LogP contribution in [0.3, 0.4) is 0 Å². The first-order chi connectivity index (χ1) is 9.71. The van der Waals surface area contributed by atoms with Gasteiger partial charge >= 0.3 is 0 Å². The van der Waals surface area contributed by atoms with Crippen LogP contribution in [0.4, 0.5) is 5.95 Å². The van der Waals surface area contributed by atoms with E-state index in [0.29, 0.717) is 17.7 Å². The summed E-state index contributed by atoms with van der Waals surface area (Å²) in [6, 6.07) is 3.72. The van der Waals surface area contributed by atoms with Gasteiger partial charge in [-0.2, -0.15) is 4.98 Å². The van der Waals surface area contributed by atoms with E-state index in [1.54, 1.807) is 7.11 Å². The summed E-state index contributed by atoms with van der Waals surface area (Å²) in [6.45, 7) is 6.49. The zero-order valence-corrected chi connectivity index (χ0v) is 12.0. The molecule has 2 aromatic rings. The van der Waals surface area contributed by atoms with E-state index in [0.717, 1.165) is 30.8 Å². The summed E-state index contributed by atoms with van der Waals surface area (Å²) in [7, 11) is 1.62. The van der Waals surface area contributed by atoms with Gasteiger partial charge in [0.05, 0.1) is 7.11 Å². The van der Waals surface area contributed by atoms with Crippen molar-refractivity contribution in [3.63, 3.8) is 0 Å². The van der Waals surface area contributed by atoms with Crippen LogP contribution in [-0.2, 0) is 6.54 Å². The maximum atomic E-state index is 6.05. The Kier molecular flexibility index (Phi) is 3.48. The van der Waals surface area contributed by atoms with Gasteiger partial charge in [0.2, 0.25) is 11.8 Å². The first-order valence-electron chi connectivity index (χ1n) is 7.10. The number of methoxy groups -OCH3 is 1. The van der Waals surface area contributed by atoms with Gasteiger partial charge in [-0.3, -0.25) is 4.57 Å². The maximum Gasteiger partial charge on any atom is 0.215 e. The van der Waals surface area contributed by atoms with Crippen LogP contribution >= 0.6 is 0 Å². The lowest BCUT2D eigenvalue weighted by atomic mass is 10.1. The molecule has 108 valence electrons. The number of hydrogen-bond acceptors (Lipinski definition) is 5. The molecule has 0 aliphatic carbocycles. The number of nitrogens with two attached hydrogens (primary N) is 1. The number of likely N-dealkylation sites (tertiary alicyclic amines) is 1. The zero-order chi connectivity index (χ0) is 14.1. The molecule has 1 saturated heterocycles. The molecule has 6 heteroatoms. The SMILES string of the molecule is CCN1CCC(Cn2c(N)nc3ccc(OC)nc32)C1. The van der Waals surface area contributed by atoms with Gasteiger partial charge in [-0.1, -0.05) is 6.92 Å². The summed E-state index contributed by atoms with van der Waals surface area (Å²) in [4.78, 5) is 11.3. The minimum atomic E-state index is 0.538. The van der Waals surface area contributed by atoms with Gasteiger partial charge in [-0.25, -0.2) is 4.98 Å². The summed E-state index contributed by atoms with van der Waals surface area (Å²) >= 11 is 0. The Hall–Kier alpha value is -1.82. The molecule has 1 aliphatic rings. The summed E-state index contributed by atoms with van der Waals surface area (Å²) < 4.78 is 7.21. The van der Waals surface area contributed by atoms with Crippen molar-refractivity contribution in [3.05, 3.63) is 12.1 Å². The highest BCUT2D eigenvalue weighted by molar-refractivity contribution is 5.74. The number of anilines is 1. The third kappa shape index (κ3) is 2.31. The average Bonchev–Trinajstić information content (AvgIpc) is 3.04. The number of ether oxygens (including phenoxy) is 1. The van der Waals surface area contributed by atoms with Crippen molar-refractivity contribution in [2.24, 2.45) is 5.92 Å². The number of aromatic nitrogens is 3. The van der Waals surface area contributed by atoms with Crippen LogP contribution < -0.4 is 10.5 Å². The molecule has 0 saturated carbocycles. The Morgan fingerprint density at radius 2 is 2.25 bits per heavy atom. The van der Waals surface area contributed by atoms with Crippen molar-refractivity contribution in [1.82, 2.24) is 19.4 Å². The standard InChI is InChI=1S/C14H21N5O/c1-3-18-7-6-10(8-18)9-19-13-11(16-14(19)15)4-5-12(17-13)20-2/h4-5,10H,3,6-9H2,1-2H3,(H2,15,16). The van der Waals surface area contributed by atoms with Crippen LogP contribution in [0.25, 0.3) is 11.2 Å². The third-order valence-corrected chi connectivity index (χ3v) is 4.06. The van der Waals surface area contributed by atoms with Crippen LogP contribution in [0.2, 0.25) is 0 Å². The number of imidazole rings is 1. The lowest BCUT2D eigenvalue weighted by molar-refractivity contribution is 0.334. The van der Waals surface area contributed by atoms with Crippen LogP contribution in [0.5, 0.6) is 5.88 Å². The number of hydrogen-bond donors (Lipinski definition) is 1. The van der Waals surface area contributed by atoms with Crippen molar-refractivity contribution in [1.29, 1.82) is 0 Å². The van der Waals surface area contributed by atoms with Gasteiger partial charge in [0.1, 0.15) is 5.52 Å². The summed E-state index contributed by atoms with van der Waals surface area (Å²) in [5, 5.41) is 0. The van der Waals surface area contributed by atoms with Gasteiger partial charge in [0, 0.05) is 19.2 Å². The van der Waals surface area contributed by atoms with Crippen molar-refractivity contribution < 1.29 is 4.74 Å². The normalized spacial score (nSPS) is 19.8. The second-order valence-corrected chi connectivity index (χ2v) is 5.32. The molecule has 0 amide bonds. The zero-order valence-electron chi connectivity index (χ0n) is 12.0. The number of fused-ring (bicyclic) bond motifs is 1. The summed E-state index contributed by atoms with van der Waals surface area (Å²) in [5.41, 5.74) is 7.69. The van der Waals surface area contributed by atoms with Crippen LogP contribution in [-0.4, -0.2) is 46.2 Å². The molecule has 1 atom stereocenters. The fourth-order valence-electron chi connectivity index (χ4n) is 2.90. The first-order valence-corrected chi connectivity index (χ1v) is 7.10. The molecular weight excluding hydrogens is 254 g/mol. The topological polar surface area (TPSA) is 69.2 Å². The van der Waals surface area contributed by atoms with E-state index in [4.69, 9.17) is 10.5 Å². The van der Waals surface area contributed by atoms with Gasteiger partial charge in [0.25, 0.3) is 0 Å². The van der Waals surface area contributed by atoms with Gasteiger partial charge in [-0.15, -0.1) is 0 Å². The lowest BCUT2D eigenvalue weighted by Crippen LogP contribution is -2.21. The van der Waals surface area contributed by atoms with Crippen molar-refractivity contribution >= 4 is 17.1 Å². The van der Waals surface area contributed by atoms with Gasteiger partial charge in [-0.05, 0) is 31.5 Å². The lowest BCUT2D eigenvalue weighted by Gasteiger charge is -2.14. The van der Waals surface area contributed by atoms with E-state index in [-0.39, 0.29) is 0 Å². The van der Waals surface area contributed by atoms with Crippen LogP contribution in [0.1, 0.15) is 13.3 Å². The Bertz CT molecular complexity index is 609. The van der Waals surface area contributed by atoms with Crippen molar-refractivity contribution in [2.45, 2.75) is 19.9 Å². The average molecular weight is 275 g/mol. The summed E-state index contributed by atoms with van der Waals surface area (Å²) in [6.07, 6.45) is 1.21. The van der Waals surface area contributed by atoms with E-state index in [1.807, 2.05) is 16.7 Å². The molecule has 1 aliphatic heterocycles. The largest absolute Gasteiger partial charge is 0.481 e. The third-order valence-electron chi connectivity index (χ3n) is 4.06. The molecular formula is C14H21N5O. The molecule has 6 nitrogen and oxygen atoms in total. The number of nitrogen functional groups attached to an aromatic ring is 1. The second kappa shape index (κ2) is 5.28. The first kappa shape index (κ1) is 13.2. The minimum absolute atomic E-state index is 0.538. The second-order valence-electron chi connectivity index (χ2n) is 5.32. The Morgan fingerprint density at radius 3 is 2.95 bits per heavy atom. The van der Waals surface area contributed by atoms with Crippen molar-refractivity contribution in [3.8, 4) is 5.88 Å². The minimum Gasteiger partial charge on any atom is -0.481 e. The molecule has 0 spiro atoms. The highest BCUT2D eigenvalue weighted by atomic mass is 16.5. The molecule has 2 aromatic heterocycles. The quantitative estimate of drug-likeness (QED) is 0.912. The number of pyridine rings is 1. The van der Waals surface area contributed by atoms with E-state index in [2.05, 4.69) is 21.8 Å². The predicted octanol–water partition coefficient (Wildman–Crippen LogP) is 1.36. The van der Waals surface area contributed by atoms with Crippen molar-refractivity contribution in [2.75, 3.05) is 32.5 Å². The highest BCUT2D eigenvalue weighted by Gasteiger charge is 2.23. The molecule has 3 heterocycles. The fourth-order valence-corrected chi connectivity index (χ4v) is 2.90. The molecule has 2 N–H and O–H groups in total. The highest BCUT2D eigenvalue weighted by Crippen LogP contribution is 2.24. The molecule has 0 aromatic carbocycles. The summed E-state index contributed by atoms with van der Waals surface area (Å²) in [5.74, 6) is 1.75. The van der Waals surface area contributed by atoms with E-state index >= 15 is 0 Å². The van der Waals surface area contributed by atoms with E-state index in [1.165, 1.54) is 13.0 Å². The van der Waals surface area contributed by atoms with Gasteiger partial charge < -0.3 is 15.4 Å². The monoisotopic (exact) mass is 275 g/mol. The maximum absolute atomic E-state index is 6.05. The predicted molar refractivity (Wildman–Crippen MR) is 78.7 cm³/mol. The molecule has 1 fully saturated rings. The van der Waals surface area contributed by atoms with Gasteiger partial charge in [0.15, 0.2) is 5.65 Å². The van der Waals surface area contributed by atoms with E-state index in [9.17, 15) is 0 Å². The Balaban J connectivity index is 1.88. The van der Waals surface area contributed by atoms with Crippen LogP contribution in [0, 0.1) is 5.92 Å². The number of rotatable bonds is 4. The molecule has 0 radical (unpaired) electrons. The van der Waals surface area contributed by atoms with E-state index < -0.39 is 0 Å². The molecule has 20 heavy (non-hydrogen) atoms. The molecule has 0 bridgehead atoms. The molecule has 3 rings (SSSR count). The van der Waals surface area contributed by atoms with Crippen LogP contribution in [0.15, 0.2) is 12.1 Å². The fraction of sp³-hybridized carbons (Fsp3) is 0.571. The number of nitrogens with zero attached hydrogens (tertiary/aromatic N) is 4. The Morgan fingerprint density at radius 1 is 1.40 bits per heavy atom.